The Morgan fingerprint density at radius 1 is 1.29 bits per heavy atom. The molecule has 4 rings (SSSR count). The molecule has 6 nitrogen and oxygen atoms in total. The van der Waals surface area contributed by atoms with Gasteiger partial charge in [-0.1, -0.05) is 11.6 Å². The second-order valence-corrected chi connectivity index (χ2v) is 7.47. The predicted molar refractivity (Wildman–Crippen MR) is 93.5 cm³/mol. The second kappa shape index (κ2) is 7.47. The van der Waals surface area contributed by atoms with E-state index in [-0.39, 0.29) is 5.91 Å². The van der Waals surface area contributed by atoms with E-state index in [0.717, 1.165) is 37.8 Å². The van der Waals surface area contributed by atoms with Gasteiger partial charge in [-0.05, 0) is 39.5 Å². The van der Waals surface area contributed by atoms with Crippen molar-refractivity contribution < 1.29 is 4.79 Å². The van der Waals surface area contributed by atoms with Crippen LogP contribution in [0.15, 0.2) is 11.6 Å². The molecule has 1 amide bonds. The first kappa shape index (κ1) is 17.1. The lowest BCUT2D eigenvalue weighted by molar-refractivity contribution is -0.131. The minimum absolute atomic E-state index is 0.249. The van der Waals surface area contributed by atoms with E-state index >= 15 is 0 Å². The lowest BCUT2D eigenvalue weighted by Gasteiger charge is -2.35. The van der Waals surface area contributed by atoms with Gasteiger partial charge in [0.25, 0.3) is 0 Å². The number of aromatic nitrogens is 3. The van der Waals surface area contributed by atoms with Gasteiger partial charge in [0.05, 0.1) is 0 Å². The van der Waals surface area contributed by atoms with Crippen LogP contribution in [0.2, 0.25) is 0 Å². The zero-order valence-electron chi connectivity index (χ0n) is 15.1. The number of H-pyrrole nitrogens is 1. The third-order valence-electron chi connectivity index (χ3n) is 5.12. The number of aromatic amines is 1. The first-order valence-electron chi connectivity index (χ1n) is 9.04. The van der Waals surface area contributed by atoms with Crippen molar-refractivity contribution in [2.75, 3.05) is 26.2 Å². The highest BCUT2D eigenvalue weighted by Gasteiger charge is 2.35. The van der Waals surface area contributed by atoms with Crippen LogP contribution >= 0.6 is 0 Å². The molecule has 3 aliphatic rings. The van der Waals surface area contributed by atoms with Gasteiger partial charge in [0.2, 0.25) is 5.91 Å². The zero-order chi connectivity index (χ0) is 17.1. The molecule has 3 aliphatic heterocycles. The first-order valence-corrected chi connectivity index (χ1v) is 9.04. The Bertz CT molecular complexity index is 604. The number of aryl methyl sites for hydroxylation is 2. The van der Waals surface area contributed by atoms with Gasteiger partial charge < -0.3 is 4.90 Å². The van der Waals surface area contributed by atoms with Gasteiger partial charge in [0, 0.05) is 45.1 Å². The number of carbonyl (C=O) groups is 1. The Balaban J connectivity index is 1.57. The fraction of sp³-hybridized carbons (Fsp3) is 0.722. The Labute approximate surface area is 144 Å². The van der Waals surface area contributed by atoms with Crippen LogP contribution in [0.1, 0.15) is 44.8 Å². The summed E-state index contributed by atoms with van der Waals surface area (Å²) in [5.74, 6) is 2.41. The number of nitrogens with zero attached hydrogens (tertiary/aromatic N) is 4. The summed E-state index contributed by atoms with van der Waals surface area (Å²) >= 11 is 0. The van der Waals surface area contributed by atoms with Gasteiger partial charge in [0.15, 0.2) is 5.82 Å². The van der Waals surface area contributed by atoms with Gasteiger partial charge >= 0.3 is 0 Å². The van der Waals surface area contributed by atoms with Gasteiger partial charge in [0.1, 0.15) is 5.82 Å². The molecular formula is C18H29N5O. The summed E-state index contributed by atoms with van der Waals surface area (Å²) in [5, 5.41) is 6.96. The maximum atomic E-state index is 12.7. The molecule has 6 heteroatoms. The monoisotopic (exact) mass is 331 g/mol. The van der Waals surface area contributed by atoms with Crippen molar-refractivity contribution in [3.8, 4) is 0 Å². The summed E-state index contributed by atoms with van der Waals surface area (Å²) in [4.78, 5) is 21.6. The quantitative estimate of drug-likeness (QED) is 0.838. The van der Waals surface area contributed by atoms with Crippen molar-refractivity contribution in [1.82, 2.24) is 25.0 Å². The third-order valence-corrected chi connectivity index (χ3v) is 5.12. The summed E-state index contributed by atoms with van der Waals surface area (Å²) in [5.41, 5.74) is 1.37. The number of rotatable bonds is 5. The van der Waals surface area contributed by atoms with Crippen molar-refractivity contribution in [3.05, 3.63) is 23.3 Å². The van der Waals surface area contributed by atoms with Crippen molar-refractivity contribution in [1.29, 1.82) is 0 Å². The zero-order valence-corrected chi connectivity index (χ0v) is 15.1. The number of amides is 1. The number of allylic oxidation sites excluding steroid dienone is 1. The molecule has 3 fully saturated rings. The van der Waals surface area contributed by atoms with Crippen LogP contribution in [0, 0.1) is 12.8 Å². The van der Waals surface area contributed by atoms with Crippen LogP contribution in [0.3, 0.4) is 0 Å². The Kier molecular flexibility index (Phi) is 5.33. The van der Waals surface area contributed by atoms with Crippen LogP contribution < -0.4 is 0 Å². The van der Waals surface area contributed by atoms with E-state index < -0.39 is 0 Å². The second-order valence-electron chi connectivity index (χ2n) is 7.47. The van der Waals surface area contributed by atoms with Crippen LogP contribution in [0.5, 0.6) is 0 Å². The molecule has 1 N–H and O–H groups in total. The molecule has 1 aromatic heterocycles. The number of carbonyl (C=O) groups excluding carboxylic acids is 1. The van der Waals surface area contributed by atoms with E-state index in [0.29, 0.717) is 24.8 Å². The molecule has 0 radical (unpaired) electrons. The molecular weight excluding hydrogens is 302 g/mol. The van der Waals surface area contributed by atoms with Crippen molar-refractivity contribution in [2.45, 2.75) is 52.5 Å². The number of hydrogen-bond donors (Lipinski definition) is 1. The lowest BCUT2D eigenvalue weighted by Crippen LogP contribution is -2.44. The molecule has 2 atom stereocenters. The average molecular weight is 331 g/mol. The van der Waals surface area contributed by atoms with Gasteiger partial charge in [-0.15, -0.1) is 0 Å². The van der Waals surface area contributed by atoms with Gasteiger partial charge in [-0.3, -0.25) is 14.8 Å². The van der Waals surface area contributed by atoms with E-state index in [9.17, 15) is 4.79 Å². The van der Waals surface area contributed by atoms with Crippen molar-refractivity contribution >= 4 is 5.91 Å². The molecule has 132 valence electrons. The summed E-state index contributed by atoms with van der Waals surface area (Å²) in [6.45, 7) is 10.1. The standard InChI is InChI=1S/C18H29N5O/c1-13(2)8-9-22-10-15-4-5-16(22)12-23(11-15)18(24)7-6-17-19-14(3)20-21-17/h8,15-16H,4-7,9-12H2,1-3H3,(H,19,20,21)/t15-,16-/m0/s1. The molecule has 3 saturated heterocycles. The van der Waals surface area contributed by atoms with E-state index in [1.54, 1.807) is 0 Å². The SMILES string of the molecule is CC(C)=CCN1C[C@@H]2CC[C@H]1CN(C(=O)CCc1n[nH]c(C)n1)C2. The van der Waals surface area contributed by atoms with Gasteiger partial charge in [-0.25, -0.2) is 4.98 Å². The first-order chi connectivity index (χ1) is 11.5. The van der Waals surface area contributed by atoms with Crippen molar-refractivity contribution in [2.24, 2.45) is 5.92 Å². The highest BCUT2D eigenvalue weighted by Crippen LogP contribution is 2.28. The Morgan fingerprint density at radius 3 is 2.83 bits per heavy atom. The van der Waals surface area contributed by atoms with Crippen LogP contribution in [-0.4, -0.2) is 63.1 Å². The van der Waals surface area contributed by atoms with Crippen LogP contribution in [-0.2, 0) is 11.2 Å². The summed E-state index contributed by atoms with van der Waals surface area (Å²) in [6.07, 6.45) is 5.89. The number of piperidine rings is 1. The molecule has 0 saturated carbocycles. The highest BCUT2D eigenvalue weighted by atomic mass is 16.2. The van der Waals surface area contributed by atoms with Gasteiger partial charge in [-0.2, -0.15) is 5.10 Å². The molecule has 0 aliphatic carbocycles. The number of fused-ring (bicyclic) bond motifs is 4. The van der Waals surface area contributed by atoms with E-state index in [4.69, 9.17) is 0 Å². The van der Waals surface area contributed by atoms with E-state index in [1.165, 1.54) is 18.4 Å². The van der Waals surface area contributed by atoms with Crippen molar-refractivity contribution in [3.63, 3.8) is 0 Å². The average Bonchev–Trinajstić information content (AvgIpc) is 2.77. The molecule has 0 unspecified atom stereocenters. The molecule has 24 heavy (non-hydrogen) atoms. The van der Waals surface area contributed by atoms with Crippen LogP contribution in [0.25, 0.3) is 0 Å². The molecule has 4 heterocycles. The third kappa shape index (κ3) is 4.23. The summed E-state index contributed by atoms with van der Waals surface area (Å²) < 4.78 is 0. The largest absolute Gasteiger partial charge is 0.341 e. The normalized spacial score (nSPS) is 24.0. The minimum Gasteiger partial charge on any atom is -0.341 e. The molecule has 0 aromatic carbocycles. The fourth-order valence-corrected chi connectivity index (χ4v) is 3.78. The summed E-state index contributed by atoms with van der Waals surface area (Å²) in [7, 11) is 0. The fourth-order valence-electron chi connectivity index (χ4n) is 3.78. The van der Waals surface area contributed by atoms with E-state index in [1.807, 2.05) is 6.92 Å². The summed E-state index contributed by atoms with van der Waals surface area (Å²) in [6, 6.07) is 0.508. The molecule has 1 aromatic rings. The maximum absolute atomic E-state index is 12.7. The smallest absolute Gasteiger partial charge is 0.223 e. The number of hydrogen-bond acceptors (Lipinski definition) is 4. The Hall–Kier alpha value is -1.69. The van der Waals surface area contributed by atoms with Crippen LogP contribution in [0.4, 0.5) is 0 Å². The highest BCUT2D eigenvalue weighted by molar-refractivity contribution is 5.76. The maximum Gasteiger partial charge on any atom is 0.223 e. The Morgan fingerprint density at radius 2 is 2.12 bits per heavy atom. The lowest BCUT2D eigenvalue weighted by atomic mass is 9.95. The molecule has 2 bridgehead atoms. The topological polar surface area (TPSA) is 65.1 Å². The molecule has 0 spiro atoms. The predicted octanol–water partition coefficient (Wildman–Crippen LogP) is 1.93. The van der Waals surface area contributed by atoms with E-state index in [2.05, 4.69) is 44.9 Å². The number of nitrogens with one attached hydrogen (secondary N) is 1. The minimum atomic E-state index is 0.249.